The summed E-state index contributed by atoms with van der Waals surface area (Å²) in [6.45, 7) is 1.64. The summed E-state index contributed by atoms with van der Waals surface area (Å²) in [6.07, 6.45) is 3.17. The van der Waals surface area contributed by atoms with E-state index in [0.29, 0.717) is 36.6 Å². The summed E-state index contributed by atoms with van der Waals surface area (Å²) in [5, 5.41) is 0. The monoisotopic (exact) mass is 425 g/mol. The highest BCUT2D eigenvalue weighted by molar-refractivity contribution is 5.70. The first-order valence-electron chi connectivity index (χ1n) is 10.5. The van der Waals surface area contributed by atoms with Crippen molar-refractivity contribution in [3.8, 4) is 0 Å². The molecule has 9 heteroatoms. The average Bonchev–Trinajstić information content (AvgIpc) is 3.12. The Labute approximate surface area is 179 Å². The number of imidazole rings is 1. The van der Waals surface area contributed by atoms with Gasteiger partial charge in [-0.1, -0.05) is 30.3 Å². The van der Waals surface area contributed by atoms with Gasteiger partial charge in [0.2, 0.25) is 0 Å². The van der Waals surface area contributed by atoms with Gasteiger partial charge in [0.1, 0.15) is 12.4 Å². The maximum Gasteiger partial charge on any atom is 0.410 e. The van der Waals surface area contributed by atoms with Crippen LogP contribution >= 0.6 is 0 Å². The number of rotatable bonds is 5. The first kappa shape index (κ1) is 20.9. The number of aromatic amines is 1. The molecule has 164 valence electrons. The maximum atomic E-state index is 12.3. The molecule has 1 aromatic carbocycles. The summed E-state index contributed by atoms with van der Waals surface area (Å²) in [5.74, 6) is 1.26. The van der Waals surface area contributed by atoms with E-state index in [0.717, 1.165) is 30.7 Å². The second-order valence-corrected chi connectivity index (χ2v) is 8.09. The van der Waals surface area contributed by atoms with Gasteiger partial charge in [-0.15, -0.1) is 0 Å². The SMILES string of the molecule is Cn1c(CCC2CCN(C(=O)OCc3ccccc3)CC2)nc2c1c(=O)[nH]c(=O)n2C. The molecule has 0 radical (unpaired) electrons. The summed E-state index contributed by atoms with van der Waals surface area (Å²) in [7, 11) is 3.40. The molecule has 1 fully saturated rings. The first-order chi connectivity index (χ1) is 14.9. The Hall–Kier alpha value is -3.36. The minimum Gasteiger partial charge on any atom is -0.445 e. The molecule has 1 saturated heterocycles. The molecule has 0 spiro atoms. The standard InChI is InChI=1S/C22H27N5O4/c1-25-17(23-19-18(25)20(28)24-21(29)26(19)2)9-8-15-10-12-27(13-11-15)22(30)31-14-16-6-4-3-5-7-16/h3-7,15H,8-14H2,1-2H3,(H,24,28,29). The Morgan fingerprint density at radius 1 is 1.13 bits per heavy atom. The molecule has 0 unspecified atom stereocenters. The van der Waals surface area contributed by atoms with Crippen molar-refractivity contribution in [2.45, 2.75) is 32.3 Å². The molecule has 0 bridgehead atoms. The van der Waals surface area contributed by atoms with E-state index in [-0.39, 0.29) is 12.7 Å². The number of hydrogen-bond donors (Lipinski definition) is 1. The zero-order valence-corrected chi connectivity index (χ0v) is 17.8. The lowest BCUT2D eigenvalue weighted by atomic mass is 9.92. The van der Waals surface area contributed by atoms with Gasteiger partial charge >= 0.3 is 11.8 Å². The fourth-order valence-corrected chi connectivity index (χ4v) is 4.12. The molecular weight excluding hydrogens is 398 g/mol. The molecule has 3 aromatic rings. The topological polar surface area (TPSA) is 102 Å². The summed E-state index contributed by atoms with van der Waals surface area (Å²) < 4.78 is 8.56. The Balaban J connectivity index is 1.31. The van der Waals surface area contributed by atoms with Gasteiger partial charge in [-0.3, -0.25) is 14.3 Å². The molecule has 31 heavy (non-hydrogen) atoms. The summed E-state index contributed by atoms with van der Waals surface area (Å²) in [4.78, 5) is 44.9. The molecule has 1 aliphatic heterocycles. The van der Waals surface area contributed by atoms with E-state index in [9.17, 15) is 14.4 Å². The molecule has 1 N–H and O–H groups in total. The number of amides is 1. The molecular formula is C22H27N5O4. The molecule has 0 aliphatic carbocycles. The van der Waals surface area contributed by atoms with Crippen molar-refractivity contribution in [3.05, 3.63) is 62.6 Å². The molecule has 4 rings (SSSR count). The zero-order valence-electron chi connectivity index (χ0n) is 17.8. The maximum absolute atomic E-state index is 12.3. The normalized spacial score (nSPS) is 14.8. The van der Waals surface area contributed by atoms with Gasteiger partial charge in [0.05, 0.1) is 0 Å². The molecule has 2 aromatic heterocycles. The van der Waals surface area contributed by atoms with Crippen LogP contribution in [0.15, 0.2) is 39.9 Å². The van der Waals surface area contributed by atoms with Crippen LogP contribution in [0.3, 0.4) is 0 Å². The van der Waals surface area contributed by atoms with Crippen molar-refractivity contribution in [1.29, 1.82) is 0 Å². The highest BCUT2D eigenvalue weighted by Gasteiger charge is 2.24. The van der Waals surface area contributed by atoms with Gasteiger partial charge in [0.25, 0.3) is 5.56 Å². The van der Waals surface area contributed by atoms with Crippen LogP contribution in [-0.2, 0) is 31.9 Å². The van der Waals surface area contributed by atoms with Crippen molar-refractivity contribution < 1.29 is 9.53 Å². The number of H-pyrrole nitrogens is 1. The fraction of sp³-hybridized carbons (Fsp3) is 0.455. The van der Waals surface area contributed by atoms with Crippen molar-refractivity contribution in [2.75, 3.05) is 13.1 Å². The minimum atomic E-state index is -0.464. The summed E-state index contributed by atoms with van der Waals surface area (Å²) in [6, 6.07) is 9.66. The van der Waals surface area contributed by atoms with Crippen molar-refractivity contribution in [3.63, 3.8) is 0 Å². The number of benzene rings is 1. The van der Waals surface area contributed by atoms with Crippen molar-refractivity contribution >= 4 is 17.3 Å². The highest BCUT2D eigenvalue weighted by atomic mass is 16.6. The Bertz CT molecular complexity index is 1190. The molecule has 1 aliphatic rings. The number of ether oxygens (including phenoxy) is 1. The van der Waals surface area contributed by atoms with Crippen LogP contribution in [0.1, 0.15) is 30.7 Å². The predicted molar refractivity (Wildman–Crippen MR) is 116 cm³/mol. The largest absolute Gasteiger partial charge is 0.445 e. The number of hydrogen-bond acceptors (Lipinski definition) is 5. The van der Waals surface area contributed by atoms with Crippen LogP contribution in [0.4, 0.5) is 4.79 Å². The van der Waals surface area contributed by atoms with E-state index in [1.54, 1.807) is 23.6 Å². The number of nitrogens with zero attached hydrogens (tertiary/aromatic N) is 4. The fourth-order valence-electron chi connectivity index (χ4n) is 4.12. The van der Waals surface area contributed by atoms with Crippen LogP contribution in [0.25, 0.3) is 11.2 Å². The lowest BCUT2D eigenvalue weighted by Gasteiger charge is -2.31. The lowest BCUT2D eigenvalue weighted by molar-refractivity contribution is 0.0815. The average molecular weight is 425 g/mol. The molecule has 1 amide bonds. The van der Waals surface area contributed by atoms with E-state index in [1.807, 2.05) is 30.3 Å². The third-order valence-electron chi connectivity index (χ3n) is 6.08. The number of piperidine rings is 1. The third kappa shape index (κ3) is 4.40. The van der Waals surface area contributed by atoms with Crippen LogP contribution in [0.2, 0.25) is 0 Å². The minimum absolute atomic E-state index is 0.266. The number of aryl methyl sites for hydroxylation is 3. The number of fused-ring (bicyclic) bond motifs is 1. The molecule has 0 saturated carbocycles. The lowest BCUT2D eigenvalue weighted by Crippen LogP contribution is -2.38. The number of nitrogens with one attached hydrogen (secondary N) is 1. The van der Waals surface area contributed by atoms with E-state index < -0.39 is 11.2 Å². The smallest absolute Gasteiger partial charge is 0.410 e. The molecule has 9 nitrogen and oxygen atoms in total. The third-order valence-corrected chi connectivity index (χ3v) is 6.08. The predicted octanol–water partition coefficient (Wildman–Crippen LogP) is 1.94. The van der Waals surface area contributed by atoms with Crippen molar-refractivity contribution in [2.24, 2.45) is 20.0 Å². The number of carbonyl (C=O) groups is 1. The van der Waals surface area contributed by atoms with E-state index in [2.05, 4.69) is 9.97 Å². The van der Waals surface area contributed by atoms with Gasteiger partial charge in [-0.25, -0.2) is 14.6 Å². The van der Waals surface area contributed by atoms with Crippen LogP contribution in [0, 0.1) is 5.92 Å². The van der Waals surface area contributed by atoms with Crippen LogP contribution in [0.5, 0.6) is 0 Å². The van der Waals surface area contributed by atoms with E-state index >= 15 is 0 Å². The second kappa shape index (κ2) is 8.79. The second-order valence-electron chi connectivity index (χ2n) is 8.09. The van der Waals surface area contributed by atoms with Gasteiger partial charge in [0, 0.05) is 33.6 Å². The number of carbonyl (C=O) groups excluding carboxylic acids is 1. The van der Waals surface area contributed by atoms with Gasteiger partial charge in [-0.05, 0) is 30.7 Å². The van der Waals surface area contributed by atoms with Crippen molar-refractivity contribution in [1.82, 2.24) is 24.0 Å². The summed E-state index contributed by atoms with van der Waals surface area (Å²) in [5.41, 5.74) is 0.912. The Kier molecular flexibility index (Phi) is 5.92. The quantitative estimate of drug-likeness (QED) is 0.673. The van der Waals surface area contributed by atoms with Crippen LogP contribution < -0.4 is 11.2 Å². The zero-order chi connectivity index (χ0) is 22.0. The molecule has 0 atom stereocenters. The van der Waals surface area contributed by atoms with Gasteiger partial charge in [0.15, 0.2) is 11.2 Å². The number of likely N-dealkylation sites (tertiary alicyclic amines) is 1. The Morgan fingerprint density at radius 2 is 1.84 bits per heavy atom. The highest BCUT2D eigenvalue weighted by Crippen LogP contribution is 2.23. The van der Waals surface area contributed by atoms with Crippen LogP contribution in [-0.4, -0.2) is 43.2 Å². The van der Waals surface area contributed by atoms with Gasteiger partial charge < -0.3 is 14.2 Å². The summed E-state index contributed by atoms with van der Waals surface area (Å²) >= 11 is 0. The Morgan fingerprint density at radius 3 is 2.55 bits per heavy atom. The van der Waals surface area contributed by atoms with E-state index in [4.69, 9.17) is 4.74 Å². The van der Waals surface area contributed by atoms with Gasteiger partial charge in [-0.2, -0.15) is 0 Å². The number of aromatic nitrogens is 4. The van der Waals surface area contributed by atoms with E-state index in [1.165, 1.54) is 4.57 Å². The first-order valence-corrected chi connectivity index (χ1v) is 10.5. The molecule has 3 heterocycles.